The summed E-state index contributed by atoms with van der Waals surface area (Å²) in [5.74, 6) is 0.232. The van der Waals surface area contributed by atoms with Gasteiger partial charge in [-0.3, -0.25) is 4.90 Å². The molecule has 3 aliphatic rings. The zero-order chi connectivity index (χ0) is 21.1. The van der Waals surface area contributed by atoms with E-state index in [2.05, 4.69) is 26.1 Å². The lowest BCUT2D eigenvalue weighted by atomic mass is 9.79. The maximum absolute atomic E-state index is 12.9. The molecule has 160 valence electrons. The van der Waals surface area contributed by atoms with Gasteiger partial charge in [0.15, 0.2) is 0 Å². The minimum atomic E-state index is -2.65. The van der Waals surface area contributed by atoms with E-state index in [1.807, 2.05) is 22.8 Å². The van der Waals surface area contributed by atoms with Gasteiger partial charge in [-0.1, -0.05) is 0 Å². The number of rotatable bonds is 4. The maximum atomic E-state index is 12.9. The van der Waals surface area contributed by atoms with Crippen LogP contribution in [0.2, 0.25) is 0 Å². The van der Waals surface area contributed by atoms with Gasteiger partial charge in [0, 0.05) is 66.9 Å². The summed E-state index contributed by atoms with van der Waals surface area (Å²) in [6.45, 7) is -0.716. The molecular weight excluding hydrogens is 400 g/mol. The van der Waals surface area contributed by atoms with Crippen LogP contribution >= 0.6 is 0 Å². The van der Waals surface area contributed by atoms with Crippen LogP contribution in [0.5, 0.6) is 0 Å². The van der Waals surface area contributed by atoms with Crippen LogP contribution in [0.15, 0.2) is 36.9 Å². The molecule has 7 nitrogen and oxygen atoms in total. The fourth-order valence-corrected chi connectivity index (χ4v) is 5.68. The molecule has 3 fully saturated rings. The summed E-state index contributed by atoms with van der Waals surface area (Å²) in [4.78, 5) is 5.13. The summed E-state index contributed by atoms with van der Waals surface area (Å²) < 4.78 is 28.3. The molecule has 0 radical (unpaired) electrons. The average Bonchev–Trinajstić information content (AvgIpc) is 3.43. The monoisotopic (exact) mass is 423 g/mol. The Labute approximate surface area is 178 Å². The van der Waals surface area contributed by atoms with E-state index >= 15 is 0 Å². The lowest BCUT2D eigenvalue weighted by Gasteiger charge is -2.49. The van der Waals surface area contributed by atoms with Gasteiger partial charge in [0.05, 0.1) is 23.5 Å². The molecule has 0 spiro atoms. The van der Waals surface area contributed by atoms with Crippen LogP contribution in [0.1, 0.15) is 32.2 Å². The lowest BCUT2D eigenvalue weighted by Crippen LogP contribution is -2.60. The normalized spacial score (nSPS) is 28.3. The van der Waals surface area contributed by atoms with Crippen molar-refractivity contribution >= 4 is 11.2 Å². The minimum absolute atomic E-state index is 0.232. The van der Waals surface area contributed by atoms with E-state index in [4.69, 9.17) is 5.26 Å². The molecule has 31 heavy (non-hydrogen) atoms. The summed E-state index contributed by atoms with van der Waals surface area (Å²) in [5.41, 5.74) is 3.58. The Hall–Kier alpha value is -2.99. The van der Waals surface area contributed by atoms with E-state index in [1.165, 1.54) is 25.2 Å². The van der Waals surface area contributed by atoms with Crippen LogP contribution in [-0.4, -0.2) is 55.5 Å². The first-order valence-corrected chi connectivity index (χ1v) is 10.8. The van der Waals surface area contributed by atoms with Gasteiger partial charge in [-0.25, -0.2) is 9.20 Å². The number of halogens is 2. The number of aromatic nitrogens is 4. The molecule has 0 amide bonds. The molecule has 6 rings (SSSR count). The van der Waals surface area contributed by atoms with Crippen LogP contribution in [0, 0.1) is 17.2 Å². The fraction of sp³-hybridized carbons (Fsp3) is 0.500. The molecule has 1 saturated carbocycles. The van der Waals surface area contributed by atoms with Gasteiger partial charge >= 0.3 is 6.55 Å². The van der Waals surface area contributed by atoms with Crippen LogP contribution in [-0.2, 0) is 0 Å². The van der Waals surface area contributed by atoms with Crippen molar-refractivity contribution in [3.8, 4) is 17.2 Å². The number of nitriles is 1. The molecule has 2 aliphatic heterocycles. The topological polar surface area (TPSA) is 65.4 Å². The van der Waals surface area contributed by atoms with Crippen LogP contribution < -0.4 is 4.90 Å². The van der Waals surface area contributed by atoms with Gasteiger partial charge in [0.2, 0.25) is 0 Å². The Morgan fingerprint density at radius 3 is 2.48 bits per heavy atom. The van der Waals surface area contributed by atoms with Crippen molar-refractivity contribution < 1.29 is 8.78 Å². The van der Waals surface area contributed by atoms with Gasteiger partial charge in [-0.05, 0) is 37.8 Å². The summed E-state index contributed by atoms with van der Waals surface area (Å²) in [6.07, 6.45) is 10.9. The summed E-state index contributed by atoms with van der Waals surface area (Å²) in [5, 5.41) is 17.3. The molecule has 2 unspecified atom stereocenters. The highest BCUT2D eigenvalue weighted by Crippen LogP contribution is 2.42. The van der Waals surface area contributed by atoms with Crippen molar-refractivity contribution in [2.45, 2.75) is 50.4 Å². The highest BCUT2D eigenvalue weighted by atomic mass is 19.3. The predicted molar refractivity (Wildman–Crippen MR) is 111 cm³/mol. The third kappa shape index (κ3) is 3.00. The first-order valence-electron chi connectivity index (χ1n) is 10.8. The molecular formula is C22H23F2N7. The summed E-state index contributed by atoms with van der Waals surface area (Å²) in [6, 6.07) is 8.07. The zero-order valence-electron chi connectivity index (χ0n) is 17.0. The molecule has 2 saturated heterocycles. The summed E-state index contributed by atoms with van der Waals surface area (Å²) in [7, 11) is 0. The van der Waals surface area contributed by atoms with Crippen LogP contribution in [0.3, 0.4) is 0 Å². The zero-order valence-corrected chi connectivity index (χ0v) is 17.0. The Balaban J connectivity index is 1.27. The molecule has 3 aromatic rings. The predicted octanol–water partition coefficient (Wildman–Crippen LogP) is 3.55. The number of piperazine rings is 1. The van der Waals surface area contributed by atoms with Crippen LogP contribution in [0.25, 0.3) is 16.6 Å². The standard InChI is InChI=1S/C22H23F2N7/c23-22(24)30-11-16(9-27-30)15-7-21-20(3-4-26-29(21)10-15)28-12-17-1-2-18(13-28)31(17)19-5-14(6-19)8-25/h3-4,7,9-11,14,17-19,22H,1-2,5-6,12-13H2/t14-,17?,18?,19+. The van der Waals surface area contributed by atoms with E-state index in [-0.39, 0.29) is 5.92 Å². The van der Waals surface area contributed by atoms with Gasteiger partial charge in [-0.2, -0.15) is 24.2 Å². The average molecular weight is 423 g/mol. The van der Waals surface area contributed by atoms with Crippen molar-refractivity contribution in [2.75, 3.05) is 18.0 Å². The van der Waals surface area contributed by atoms with Crippen LogP contribution in [0.4, 0.5) is 14.5 Å². The molecule has 3 aromatic heterocycles. The Bertz CT molecular complexity index is 1140. The molecule has 2 atom stereocenters. The van der Waals surface area contributed by atoms with Crippen molar-refractivity contribution in [2.24, 2.45) is 5.92 Å². The quantitative estimate of drug-likeness (QED) is 0.642. The first kappa shape index (κ1) is 18.8. The fourth-order valence-electron chi connectivity index (χ4n) is 5.68. The number of hydrogen-bond acceptors (Lipinski definition) is 5. The minimum Gasteiger partial charge on any atom is -0.367 e. The smallest absolute Gasteiger partial charge is 0.333 e. The van der Waals surface area contributed by atoms with E-state index in [0.29, 0.717) is 28.4 Å². The first-order chi connectivity index (χ1) is 15.1. The maximum Gasteiger partial charge on any atom is 0.333 e. The largest absolute Gasteiger partial charge is 0.367 e. The molecule has 0 N–H and O–H groups in total. The molecule has 2 bridgehead atoms. The number of anilines is 1. The number of alkyl halides is 2. The second kappa shape index (κ2) is 7.02. The van der Waals surface area contributed by atoms with E-state index in [0.717, 1.165) is 42.7 Å². The molecule has 1 aliphatic carbocycles. The number of fused-ring (bicyclic) bond motifs is 3. The number of nitrogens with zero attached hydrogens (tertiary/aromatic N) is 7. The number of hydrogen-bond donors (Lipinski definition) is 0. The Kier molecular flexibility index (Phi) is 4.25. The molecule has 5 heterocycles. The van der Waals surface area contributed by atoms with Gasteiger partial charge < -0.3 is 4.90 Å². The third-order valence-corrected chi connectivity index (χ3v) is 7.22. The second-order valence-electron chi connectivity index (χ2n) is 8.95. The highest BCUT2D eigenvalue weighted by Gasteiger charge is 2.47. The van der Waals surface area contributed by atoms with Gasteiger partial charge in [-0.15, -0.1) is 0 Å². The third-order valence-electron chi connectivity index (χ3n) is 7.22. The Morgan fingerprint density at radius 2 is 1.81 bits per heavy atom. The van der Waals surface area contributed by atoms with Crippen molar-refractivity contribution in [3.05, 3.63) is 36.9 Å². The lowest BCUT2D eigenvalue weighted by molar-refractivity contribution is 0.0439. The van der Waals surface area contributed by atoms with Gasteiger partial charge in [0.1, 0.15) is 0 Å². The highest BCUT2D eigenvalue weighted by molar-refractivity contribution is 5.79. The second-order valence-corrected chi connectivity index (χ2v) is 8.95. The molecule has 9 heteroatoms. The SMILES string of the molecule is N#C[C@H]1C[C@@H](N2C3CCC2CN(c2ccnn4cc(-c5cnn(C(F)F)c5)cc24)C3)C1. The van der Waals surface area contributed by atoms with Crippen molar-refractivity contribution in [3.63, 3.8) is 0 Å². The Morgan fingerprint density at radius 1 is 1.03 bits per heavy atom. The van der Waals surface area contributed by atoms with E-state index in [9.17, 15) is 8.78 Å². The molecule has 0 aromatic carbocycles. The van der Waals surface area contributed by atoms with Crippen molar-refractivity contribution in [1.82, 2.24) is 24.3 Å². The summed E-state index contributed by atoms with van der Waals surface area (Å²) >= 11 is 0. The van der Waals surface area contributed by atoms with E-state index in [1.54, 1.807) is 6.20 Å². The van der Waals surface area contributed by atoms with Gasteiger partial charge in [0.25, 0.3) is 0 Å². The van der Waals surface area contributed by atoms with Crippen molar-refractivity contribution in [1.29, 1.82) is 5.26 Å². The van der Waals surface area contributed by atoms with E-state index < -0.39 is 6.55 Å².